The third kappa shape index (κ3) is 4.08. The lowest BCUT2D eigenvalue weighted by atomic mass is 9.72. The molecule has 1 fully saturated rings. The van der Waals surface area contributed by atoms with E-state index in [1.54, 1.807) is 5.56 Å². The summed E-state index contributed by atoms with van der Waals surface area (Å²) in [5.74, 6) is -0.0515. The van der Waals surface area contributed by atoms with Crippen molar-refractivity contribution in [2.75, 3.05) is 6.61 Å². The summed E-state index contributed by atoms with van der Waals surface area (Å²) in [5, 5.41) is 30.5. The highest BCUT2D eigenvalue weighted by atomic mass is 16.3. The highest BCUT2D eigenvalue weighted by molar-refractivity contribution is 5.51. The Bertz CT molecular complexity index is 871. The molecule has 0 aliphatic heterocycles. The number of hydrogen-bond acceptors (Lipinski definition) is 3. The third-order valence-electron chi connectivity index (χ3n) is 7.49. The largest absolute Gasteiger partial charge is 0.396 e. The molecule has 2 aliphatic rings. The third-order valence-corrected chi connectivity index (χ3v) is 7.49. The predicted octanol–water partition coefficient (Wildman–Crippen LogP) is 4.10. The first-order valence-corrected chi connectivity index (χ1v) is 11.8. The van der Waals surface area contributed by atoms with E-state index in [4.69, 9.17) is 0 Å². The SMILES string of the molecule is CCc1ccc(Cc2cc(C3CC(O)C(O)C(CO)C3)c(CC)c3c2CCC3)cc1. The Kier molecular flexibility index (Phi) is 6.62. The first-order valence-electron chi connectivity index (χ1n) is 11.8. The summed E-state index contributed by atoms with van der Waals surface area (Å²) in [4.78, 5) is 0. The van der Waals surface area contributed by atoms with Gasteiger partial charge in [0.25, 0.3) is 0 Å². The normalized spacial score (nSPS) is 26.0. The van der Waals surface area contributed by atoms with Crippen molar-refractivity contribution in [2.24, 2.45) is 5.92 Å². The van der Waals surface area contributed by atoms with E-state index in [2.05, 4.69) is 44.2 Å². The van der Waals surface area contributed by atoms with Crippen LogP contribution in [-0.2, 0) is 32.1 Å². The smallest absolute Gasteiger partial charge is 0.0849 e. The molecule has 2 aromatic carbocycles. The quantitative estimate of drug-likeness (QED) is 0.674. The Morgan fingerprint density at radius 2 is 1.60 bits per heavy atom. The number of hydrogen-bond donors (Lipinski definition) is 3. The van der Waals surface area contributed by atoms with Crippen LogP contribution in [0.3, 0.4) is 0 Å². The van der Waals surface area contributed by atoms with Crippen LogP contribution in [0, 0.1) is 5.92 Å². The number of fused-ring (bicyclic) bond motifs is 1. The van der Waals surface area contributed by atoms with Crippen molar-refractivity contribution in [1.82, 2.24) is 0 Å². The van der Waals surface area contributed by atoms with Crippen LogP contribution in [0.25, 0.3) is 0 Å². The number of benzene rings is 2. The lowest BCUT2D eigenvalue weighted by Gasteiger charge is -2.37. The second-order valence-corrected chi connectivity index (χ2v) is 9.28. The molecule has 2 aromatic rings. The fourth-order valence-electron chi connectivity index (χ4n) is 5.80. The maximum absolute atomic E-state index is 10.5. The topological polar surface area (TPSA) is 60.7 Å². The zero-order valence-electron chi connectivity index (χ0n) is 18.4. The summed E-state index contributed by atoms with van der Waals surface area (Å²) in [6.45, 7) is 4.35. The van der Waals surface area contributed by atoms with Gasteiger partial charge in [0.1, 0.15) is 0 Å². The van der Waals surface area contributed by atoms with E-state index >= 15 is 0 Å². The van der Waals surface area contributed by atoms with Crippen molar-refractivity contribution in [3.63, 3.8) is 0 Å². The zero-order chi connectivity index (χ0) is 21.3. The fourth-order valence-corrected chi connectivity index (χ4v) is 5.80. The second kappa shape index (κ2) is 9.21. The molecule has 0 radical (unpaired) electrons. The molecule has 0 heterocycles. The molecule has 3 heteroatoms. The van der Waals surface area contributed by atoms with Gasteiger partial charge in [-0.1, -0.05) is 44.2 Å². The summed E-state index contributed by atoms with van der Waals surface area (Å²) in [5.41, 5.74) is 10.0. The molecule has 3 nitrogen and oxygen atoms in total. The minimum atomic E-state index is -0.817. The molecule has 4 rings (SSSR count). The fraction of sp³-hybridized carbons (Fsp3) is 0.556. The zero-order valence-corrected chi connectivity index (χ0v) is 18.4. The molecule has 30 heavy (non-hydrogen) atoms. The number of aliphatic hydroxyl groups excluding tert-OH is 3. The van der Waals surface area contributed by atoms with Crippen molar-refractivity contribution >= 4 is 0 Å². The summed E-state index contributed by atoms with van der Waals surface area (Å²) in [7, 11) is 0. The molecule has 3 N–H and O–H groups in total. The maximum Gasteiger partial charge on any atom is 0.0849 e. The predicted molar refractivity (Wildman–Crippen MR) is 121 cm³/mol. The van der Waals surface area contributed by atoms with Crippen LogP contribution in [0.1, 0.15) is 78.0 Å². The van der Waals surface area contributed by atoms with Gasteiger partial charge in [-0.05, 0) is 96.2 Å². The van der Waals surface area contributed by atoms with Crippen molar-refractivity contribution in [1.29, 1.82) is 0 Å². The van der Waals surface area contributed by atoms with Gasteiger partial charge >= 0.3 is 0 Å². The summed E-state index contributed by atoms with van der Waals surface area (Å²) in [6, 6.07) is 11.4. The van der Waals surface area contributed by atoms with Crippen LogP contribution in [0.2, 0.25) is 0 Å². The van der Waals surface area contributed by atoms with E-state index in [9.17, 15) is 15.3 Å². The molecule has 0 spiro atoms. The first kappa shape index (κ1) is 21.5. The van der Waals surface area contributed by atoms with E-state index in [0.717, 1.165) is 38.5 Å². The summed E-state index contributed by atoms with van der Waals surface area (Å²) in [6.07, 6.45) is 6.29. The number of rotatable bonds is 6. The van der Waals surface area contributed by atoms with Gasteiger partial charge in [0.05, 0.1) is 12.2 Å². The molecule has 4 atom stereocenters. The molecule has 0 aromatic heterocycles. The van der Waals surface area contributed by atoms with Crippen molar-refractivity contribution < 1.29 is 15.3 Å². The average Bonchev–Trinajstić information content (AvgIpc) is 3.26. The van der Waals surface area contributed by atoms with Crippen LogP contribution >= 0.6 is 0 Å². The van der Waals surface area contributed by atoms with Crippen molar-refractivity contribution in [3.05, 3.63) is 69.3 Å². The number of aliphatic hydroxyl groups is 3. The monoisotopic (exact) mass is 408 g/mol. The molecule has 162 valence electrons. The van der Waals surface area contributed by atoms with Gasteiger partial charge in [-0.3, -0.25) is 0 Å². The second-order valence-electron chi connectivity index (χ2n) is 9.28. The molecule has 0 amide bonds. The highest BCUT2D eigenvalue weighted by Gasteiger charge is 2.37. The van der Waals surface area contributed by atoms with Gasteiger partial charge in [0, 0.05) is 12.5 Å². The van der Waals surface area contributed by atoms with Gasteiger partial charge in [0.15, 0.2) is 0 Å². The Morgan fingerprint density at radius 1 is 0.900 bits per heavy atom. The van der Waals surface area contributed by atoms with Crippen LogP contribution in [0.5, 0.6) is 0 Å². The minimum absolute atomic E-state index is 0.0717. The minimum Gasteiger partial charge on any atom is -0.396 e. The van der Waals surface area contributed by atoms with Crippen LogP contribution in [0.15, 0.2) is 30.3 Å². The standard InChI is InChI=1S/C27H36O3/c1-3-17-8-10-18(11-9-17)12-19-14-25(22(4-2)24-7-5-6-23(19)24)20-13-21(16-28)27(30)26(29)15-20/h8-11,14,20-21,26-30H,3-7,12-13,15-16H2,1-2H3. The summed E-state index contributed by atoms with van der Waals surface area (Å²) < 4.78 is 0. The average molecular weight is 409 g/mol. The molecular formula is C27H36O3. The van der Waals surface area contributed by atoms with Crippen LogP contribution < -0.4 is 0 Å². The molecule has 2 aliphatic carbocycles. The summed E-state index contributed by atoms with van der Waals surface area (Å²) >= 11 is 0. The van der Waals surface area contributed by atoms with E-state index in [1.165, 1.54) is 39.8 Å². The number of aryl methyl sites for hydroxylation is 1. The Labute approximate surface area is 180 Å². The molecule has 0 bridgehead atoms. The molecule has 0 saturated heterocycles. The van der Waals surface area contributed by atoms with E-state index < -0.39 is 12.2 Å². The van der Waals surface area contributed by atoms with Gasteiger partial charge < -0.3 is 15.3 Å². The van der Waals surface area contributed by atoms with Gasteiger partial charge in [-0.15, -0.1) is 0 Å². The maximum atomic E-state index is 10.5. The molecule has 4 unspecified atom stereocenters. The molecule has 1 saturated carbocycles. The van der Waals surface area contributed by atoms with Gasteiger partial charge in [-0.25, -0.2) is 0 Å². The Hall–Kier alpha value is -1.68. The lowest BCUT2D eigenvalue weighted by Crippen LogP contribution is -2.42. The van der Waals surface area contributed by atoms with Crippen molar-refractivity contribution in [2.45, 2.75) is 83.3 Å². The Balaban J connectivity index is 1.72. The highest BCUT2D eigenvalue weighted by Crippen LogP contribution is 2.42. The van der Waals surface area contributed by atoms with Gasteiger partial charge in [-0.2, -0.15) is 0 Å². The van der Waals surface area contributed by atoms with Crippen LogP contribution in [-0.4, -0.2) is 34.1 Å². The Morgan fingerprint density at radius 3 is 2.27 bits per heavy atom. The first-order chi connectivity index (χ1) is 14.5. The van der Waals surface area contributed by atoms with E-state index in [0.29, 0.717) is 6.42 Å². The van der Waals surface area contributed by atoms with E-state index in [-0.39, 0.29) is 18.4 Å². The van der Waals surface area contributed by atoms with Crippen LogP contribution in [0.4, 0.5) is 0 Å². The molecular weight excluding hydrogens is 372 g/mol. The van der Waals surface area contributed by atoms with Gasteiger partial charge in [0.2, 0.25) is 0 Å². The van der Waals surface area contributed by atoms with Crippen molar-refractivity contribution in [3.8, 4) is 0 Å². The van der Waals surface area contributed by atoms with E-state index in [1.807, 2.05) is 0 Å². The lowest BCUT2D eigenvalue weighted by molar-refractivity contribution is -0.0648.